The van der Waals surface area contributed by atoms with Crippen molar-refractivity contribution in [1.29, 1.82) is 5.26 Å². The lowest BCUT2D eigenvalue weighted by molar-refractivity contribution is 0.0590. The van der Waals surface area contributed by atoms with Crippen LogP contribution in [-0.4, -0.2) is 25.3 Å². The molecule has 0 amide bonds. The average molecular weight is 182 g/mol. The van der Waals surface area contributed by atoms with Gasteiger partial charge in [0, 0.05) is 19.3 Å². The van der Waals surface area contributed by atoms with Gasteiger partial charge in [0.1, 0.15) is 0 Å². The molecule has 1 atom stereocenters. The standard InChI is InChI=1S/C10H18N2O/c1-8(2)12-10(7-11)9-3-5-13-6-4-9/h8-10,12H,3-6H2,1-2H3. The second-order valence-corrected chi connectivity index (χ2v) is 3.88. The summed E-state index contributed by atoms with van der Waals surface area (Å²) >= 11 is 0. The smallest absolute Gasteiger partial charge is 0.0985 e. The van der Waals surface area contributed by atoms with Crippen LogP contribution in [0.2, 0.25) is 0 Å². The highest BCUT2D eigenvalue weighted by Crippen LogP contribution is 2.18. The Hall–Kier alpha value is -0.590. The van der Waals surface area contributed by atoms with E-state index in [1.165, 1.54) is 0 Å². The molecule has 1 heterocycles. The Kier molecular flexibility index (Phi) is 4.20. The fraction of sp³-hybridized carbons (Fsp3) is 0.900. The third kappa shape index (κ3) is 3.33. The van der Waals surface area contributed by atoms with Crippen molar-refractivity contribution in [3.8, 4) is 6.07 Å². The van der Waals surface area contributed by atoms with Crippen LogP contribution in [0.4, 0.5) is 0 Å². The number of rotatable bonds is 3. The highest BCUT2D eigenvalue weighted by Gasteiger charge is 2.23. The second kappa shape index (κ2) is 5.21. The highest BCUT2D eigenvalue weighted by molar-refractivity contribution is 4.96. The molecule has 0 aliphatic carbocycles. The average Bonchev–Trinajstić information content (AvgIpc) is 2.15. The van der Waals surface area contributed by atoms with Crippen molar-refractivity contribution in [2.75, 3.05) is 13.2 Å². The predicted molar refractivity (Wildman–Crippen MR) is 51.2 cm³/mol. The molecule has 1 saturated heterocycles. The van der Waals surface area contributed by atoms with E-state index in [1.54, 1.807) is 0 Å². The molecule has 1 unspecified atom stereocenters. The van der Waals surface area contributed by atoms with E-state index in [-0.39, 0.29) is 6.04 Å². The maximum Gasteiger partial charge on any atom is 0.0985 e. The first-order valence-corrected chi connectivity index (χ1v) is 4.97. The Bertz CT molecular complexity index is 180. The molecule has 0 spiro atoms. The Morgan fingerprint density at radius 3 is 2.46 bits per heavy atom. The normalized spacial score (nSPS) is 21.4. The summed E-state index contributed by atoms with van der Waals surface area (Å²) in [4.78, 5) is 0. The molecule has 74 valence electrons. The Labute approximate surface area is 80.1 Å². The molecule has 0 bridgehead atoms. The lowest BCUT2D eigenvalue weighted by atomic mass is 9.92. The zero-order valence-electron chi connectivity index (χ0n) is 8.42. The fourth-order valence-corrected chi connectivity index (χ4v) is 1.69. The highest BCUT2D eigenvalue weighted by atomic mass is 16.5. The first-order chi connectivity index (χ1) is 6.24. The van der Waals surface area contributed by atoms with Crippen LogP contribution in [0.3, 0.4) is 0 Å². The molecule has 0 saturated carbocycles. The quantitative estimate of drug-likeness (QED) is 0.715. The number of nitriles is 1. The van der Waals surface area contributed by atoms with E-state index in [2.05, 4.69) is 25.2 Å². The molecule has 1 aliphatic heterocycles. The minimum atomic E-state index is 0.00361. The SMILES string of the molecule is CC(C)NC(C#N)C1CCOCC1. The van der Waals surface area contributed by atoms with E-state index in [4.69, 9.17) is 10.00 Å². The largest absolute Gasteiger partial charge is 0.381 e. The van der Waals surface area contributed by atoms with Crippen LogP contribution in [0.25, 0.3) is 0 Å². The van der Waals surface area contributed by atoms with Gasteiger partial charge in [0.25, 0.3) is 0 Å². The van der Waals surface area contributed by atoms with E-state index in [9.17, 15) is 0 Å². The van der Waals surface area contributed by atoms with Gasteiger partial charge in [-0.3, -0.25) is 5.32 Å². The zero-order chi connectivity index (χ0) is 9.68. The van der Waals surface area contributed by atoms with Crippen LogP contribution in [0.5, 0.6) is 0 Å². The minimum absolute atomic E-state index is 0.00361. The summed E-state index contributed by atoms with van der Waals surface area (Å²) in [6.07, 6.45) is 2.02. The van der Waals surface area contributed by atoms with Crippen molar-refractivity contribution in [3.63, 3.8) is 0 Å². The van der Waals surface area contributed by atoms with Gasteiger partial charge in [0.15, 0.2) is 0 Å². The first-order valence-electron chi connectivity index (χ1n) is 4.97. The molecular weight excluding hydrogens is 164 g/mol. The molecule has 0 aromatic carbocycles. The molecule has 1 rings (SSSR count). The topological polar surface area (TPSA) is 45.0 Å². The van der Waals surface area contributed by atoms with Crippen molar-refractivity contribution in [2.24, 2.45) is 5.92 Å². The predicted octanol–water partition coefficient (Wildman–Crippen LogP) is 1.30. The van der Waals surface area contributed by atoms with Crippen LogP contribution in [0.15, 0.2) is 0 Å². The number of ether oxygens (including phenoxy) is 1. The number of nitrogens with one attached hydrogen (secondary N) is 1. The van der Waals surface area contributed by atoms with Gasteiger partial charge < -0.3 is 4.74 Å². The molecule has 1 aliphatic rings. The van der Waals surface area contributed by atoms with E-state index in [0.717, 1.165) is 26.1 Å². The maximum atomic E-state index is 8.97. The van der Waals surface area contributed by atoms with Crippen LogP contribution < -0.4 is 5.32 Å². The van der Waals surface area contributed by atoms with Crippen molar-refractivity contribution < 1.29 is 4.74 Å². The number of nitrogens with zero attached hydrogens (tertiary/aromatic N) is 1. The molecule has 0 radical (unpaired) electrons. The van der Waals surface area contributed by atoms with Gasteiger partial charge in [0.2, 0.25) is 0 Å². The second-order valence-electron chi connectivity index (χ2n) is 3.88. The van der Waals surface area contributed by atoms with E-state index < -0.39 is 0 Å². The lowest BCUT2D eigenvalue weighted by Gasteiger charge is -2.27. The van der Waals surface area contributed by atoms with Gasteiger partial charge in [-0.05, 0) is 32.6 Å². The maximum absolute atomic E-state index is 8.97. The molecule has 3 heteroatoms. The zero-order valence-corrected chi connectivity index (χ0v) is 8.42. The van der Waals surface area contributed by atoms with E-state index in [1.807, 2.05) is 0 Å². The van der Waals surface area contributed by atoms with Gasteiger partial charge in [-0.15, -0.1) is 0 Å². The van der Waals surface area contributed by atoms with Gasteiger partial charge in [-0.25, -0.2) is 0 Å². The molecule has 1 N–H and O–H groups in total. The van der Waals surface area contributed by atoms with Gasteiger partial charge >= 0.3 is 0 Å². The van der Waals surface area contributed by atoms with Crippen molar-refractivity contribution >= 4 is 0 Å². The minimum Gasteiger partial charge on any atom is -0.381 e. The summed E-state index contributed by atoms with van der Waals surface area (Å²) in [5, 5.41) is 12.3. The Morgan fingerprint density at radius 1 is 1.38 bits per heavy atom. The molecule has 13 heavy (non-hydrogen) atoms. The lowest BCUT2D eigenvalue weighted by Crippen LogP contribution is -2.41. The molecule has 3 nitrogen and oxygen atoms in total. The van der Waals surface area contributed by atoms with E-state index in [0.29, 0.717) is 12.0 Å². The van der Waals surface area contributed by atoms with Crippen LogP contribution in [0, 0.1) is 17.2 Å². The molecule has 1 fully saturated rings. The van der Waals surface area contributed by atoms with Gasteiger partial charge in [-0.1, -0.05) is 0 Å². The summed E-state index contributed by atoms with van der Waals surface area (Å²) in [6.45, 7) is 5.76. The van der Waals surface area contributed by atoms with Crippen LogP contribution in [0.1, 0.15) is 26.7 Å². The molecule has 0 aromatic rings. The fourth-order valence-electron chi connectivity index (χ4n) is 1.69. The summed E-state index contributed by atoms with van der Waals surface area (Å²) < 4.78 is 5.26. The van der Waals surface area contributed by atoms with Gasteiger partial charge in [-0.2, -0.15) is 5.26 Å². The van der Waals surface area contributed by atoms with E-state index >= 15 is 0 Å². The summed E-state index contributed by atoms with van der Waals surface area (Å²) in [7, 11) is 0. The molecular formula is C10H18N2O. The first kappa shape index (κ1) is 10.5. The third-order valence-corrected chi connectivity index (χ3v) is 2.39. The molecule has 0 aromatic heterocycles. The Balaban J connectivity index is 2.40. The van der Waals surface area contributed by atoms with Crippen molar-refractivity contribution in [1.82, 2.24) is 5.32 Å². The summed E-state index contributed by atoms with van der Waals surface area (Å²) in [5.41, 5.74) is 0. The van der Waals surface area contributed by atoms with Crippen LogP contribution >= 0.6 is 0 Å². The third-order valence-electron chi connectivity index (χ3n) is 2.39. The van der Waals surface area contributed by atoms with Gasteiger partial charge in [0.05, 0.1) is 12.1 Å². The van der Waals surface area contributed by atoms with Crippen LogP contribution in [-0.2, 0) is 4.74 Å². The van der Waals surface area contributed by atoms with Crippen molar-refractivity contribution in [3.05, 3.63) is 0 Å². The Morgan fingerprint density at radius 2 is 2.00 bits per heavy atom. The monoisotopic (exact) mass is 182 g/mol. The summed E-state index contributed by atoms with van der Waals surface area (Å²) in [5.74, 6) is 0.473. The summed E-state index contributed by atoms with van der Waals surface area (Å²) in [6, 6.07) is 2.72. The number of hydrogen-bond donors (Lipinski definition) is 1. The number of hydrogen-bond acceptors (Lipinski definition) is 3. The van der Waals surface area contributed by atoms with Crippen molar-refractivity contribution in [2.45, 2.75) is 38.8 Å².